The zero-order chi connectivity index (χ0) is 16.4. The number of nitrogens with one attached hydrogen (secondary N) is 2. The van der Waals surface area contributed by atoms with Crippen LogP contribution in [-0.4, -0.2) is 25.7 Å². The largest absolute Gasteiger partial charge is 0.434 e. The molecule has 0 fully saturated rings. The lowest BCUT2D eigenvalue weighted by atomic mass is 10.1. The number of hydrogen-bond acceptors (Lipinski definition) is 2. The van der Waals surface area contributed by atoms with Gasteiger partial charge in [0.2, 0.25) is 0 Å². The molecule has 0 atom stereocenters. The number of aliphatic imine (C=N–C) groups is 1. The molecule has 0 amide bonds. The van der Waals surface area contributed by atoms with Crippen molar-refractivity contribution in [3.8, 4) is 5.75 Å². The van der Waals surface area contributed by atoms with E-state index in [1.165, 1.54) is 6.07 Å². The second-order valence-electron chi connectivity index (χ2n) is 5.29. The topological polar surface area (TPSA) is 45.7 Å². The van der Waals surface area contributed by atoms with E-state index in [2.05, 4.69) is 34.2 Å². The summed E-state index contributed by atoms with van der Waals surface area (Å²) in [5.74, 6) is 1.45. The fraction of sp³-hybridized carbons (Fsp3) is 0.562. The highest BCUT2D eigenvalue weighted by Crippen LogP contribution is 2.20. The molecule has 0 radical (unpaired) electrons. The van der Waals surface area contributed by atoms with Crippen LogP contribution in [0.25, 0.3) is 0 Å². The van der Waals surface area contributed by atoms with Gasteiger partial charge in [-0.1, -0.05) is 32.0 Å². The Morgan fingerprint density at radius 3 is 2.52 bits per heavy atom. The number of hydrogen-bond donors (Lipinski definition) is 2. The lowest BCUT2D eigenvalue weighted by molar-refractivity contribution is -0.0504. The van der Waals surface area contributed by atoms with Crippen LogP contribution in [0.4, 0.5) is 8.78 Å². The summed E-state index contributed by atoms with van der Waals surface area (Å²) in [4.78, 5) is 4.42. The Morgan fingerprint density at radius 2 is 1.91 bits per heavy atom. The maximum Gasteiger partial charge on any atom is 0.387 e. The van der Waals surface area contributed by atoms with Crippen LogP contribution in [0.5, 0.6) is 5.75 Å². The molecule has 0 aromatic heterocycles. The van der Waals surface area contributed by atoms with Gasteiger partial charge in [0, 0.05) is 18.7 Å². The molecule has 7 heteroatoms. The third-order valence-corrected chi connectivity index (χ3v) is 2.95. The summed E-state index contributed by atoms with van der Waals surface area (Å²) in [7, 11) is 0. The molecule has 0 aliphatic carbocycles. The highest BCUT2D eigenvalue weighted by Gasteiger charge is 2.08. The fourth-order valence-corrected chi connectivity index (χ4v) is 1.83. The van der Waals surface area contributed by atoms with Crippen molar-refractivity contribution in [2.24, 2.45) is 10.9 Å². The van der Waals surface area contributed by atoms with Gasteiger partial charge in [0.1, 0.15) is 5.75 Å². The molecule has 0 aliphatic rings. The van der Waals surface area contributed by atoms with Crippen molar-refractivity contribution in [2.45, 2.75) is 40.3 Å². The van der Waals surface area contributed by atoms with Gasteiger partial charge in [-0.15, -0.1) is 24.0 Å². The maximum absolute atomic E-state index is 12.4. The number of nitrogens with zero attached hydrogens (tertiary/aromatic N) is 1. The predicted molar refractivity (Wildman–Crippen MR) is 101 cm³/mol. The Kier molecular flexibility index (Phi) is 11.7. The Bertz CT molecular complexity index is 470. The van der Waals surface area contributed by atoms with E-state index in [-0.39, 0.29) is 36.3 Å². The van der Waals surface area contributed by atoms with Gasteiger partial charge in [-0.2, -0.15) is 8.78 Å². The first kappa shape index (κ1) is 21.9. The molecule has 23 heavy (non-hydrogen) atoms. The van der Waals surface area contributed by atoms with Crippen LogP contribution < -0.4 is 15.4 Å². The third kappa shape index (κ3) is 9.58. The summed E-state index contributed by atoms with van der Waals surface area (Å²) in [6.45, 7) is 5.30. The van der Waals surface area contributed by atoms with Crippen molar-refractivity contribution in [2.75, 3.05) is 13.1 Å². The molecular weight excluding hydrogens is 415 g/mol. The van der Waals surface area contributed by atoms with E-state index < -0.39 is 6.61 Å². The number of ether oxygens (including phenoxy) is 1. The maximum atomic E-state index is 12.4. The van der Waals surface area contributed by atoms with Crippen LogP contribution in [0.1, 0.15) is 32.8 Å². The van der Waals surface area contributed by atoms with Crippen LogP contribution in [0.2, 0.25) is 0 Å². The highest BCUT2D eigenvalue weighted by molar-refractivity contribution is 14.0. The van der Waals surface area contributed by atoms with Gasteiger partial charge >= 0.3 is 6.61 Å². The molecule has 1 rings (SSSR count). The van der Waals surface area contributed by atoms with Crippen LogP contribution in [-0.2, 0) is 6.54 Å². The average Bonchev–Trinajstić information content (AvgIpc) is 2.45. The van der Waals surface area contributed by atoms with Crippen molar-refractivity contribution >= 4 is 29.9 Å². The van der Waals surface area contributed by atoms with Gasteiger partial charge in [0.15, 0.2) is 5.96 Å². The average molecular weight is 441 g/mol. The van der Waals surface area contributed by atoms with E-state index in [4.69, 9.17) is 0 Å². The van der Waals surface area contributed by atoms with Crippen molar-refractivity contribution in [3.05, 3.63) is 29.8 Å². The van der Waals surface area contributed by atoms with Gasteiger partial charge in [-0.3, -0.25) is 0 Å². The van der Waals surface area contributed by atoms with E-state index in [1.54, 1.807) is 18.2 Å². The lowest BCUT2D eigenvalue weighted by Crippen LogP contribution is -2.38. The molecular formula is C16H26F2IN3O. The standard InChI is InChI=1S/C16H25F2N3O.HI/c1-4-19-16(20-10-9-12(2)3)21-11-13-7-5-6-8-14(13)22-15(17)18;/h5-8,12,15H,4,9-11H2,1-3H3,(H2,19,20,21);1H. The van der Waals surface area contributed by atoms with Crippen LogP contribution >= 0.6 is 24.0 Å². The molecule has 2 N–H and O–H groups in total. The van der Waals surface area contributed by atoms with Crippen molar-refractivity contribution in [1.29, 1.82) is 0 Å². The zero-order valence-corrected chi connectivity index (χ0v) is 16.1. The molecule has 132 valence electrons. The van der Waals surface area contributed by atoms with Gasteiger partial charge in [-0.05, 0) is 25.3 Å². The van der Waals surface area contributed by atoms with Crippen molar-refractivity contribution in [3.63, 3.8) is 0 Å². The van der Waals surface area contributed by atoms with E-state index in [1.807, 2.05) is 6.92 Å². The van der Waals surface area contributed by atoms with Gasteiger partial charge in [0.05, 0.1) is 6.54 Å². The number of alkyl halides is 2. The normalized spacial score (nSPS) is 11.3. The molecule has 0 bridgehead atoms. The predicted octanol–water partition coefficient (Wildman–Crippen LogP) is 4.01. The van der Waals surface area contributed by atoms with Crippen LogP contribution in [0.3, 0.4) is 0 Å². The SMILES string of the molecule is CCNC(=NCc1ccccc1OC(F)F)NCCC(C)C.I. The summed E-state index contributed by atoms with van der Waals surface area (Å²) < 4.78 is 29.3. The smallest absolute Gasteiger partial charge is 0.387 e. The molecule has 0 saturated heterocycles. The summed E-state index contributed by atoms with van der Waals surface area (Å²) >= 11 is 0. The molecule has 0 saturated carbocycles. The number of halogens is 3. The van der Waals surface area contributed by atoms with Crippen LogP contribution in [0.15, 0.2) is 29.3 Å². The van der Waals surface area contributed by atoms with Gasteiger partial charge < -0.3 is 15.4 Å². The molecule has 0 heterocycles. The van der Waals surface area contributed by atoms with E-state index >= 15 is 0 Å². The molecule has 0 unspecified atom stereocenters. The van der Waals surface area contributed by atoms with Crippen molar-refractivity contribution < 1.29 is 13.5 Å². The second-order valence-corrected chi connectivity index (χ2v) is 5.29. The van der Waals surface area contributed by atoms with E-state index in [9.17, 15) is 8.78 Å². The Labute approximate surface area is 154 Å². The fourth-order valence-electron chi connectivity index (χ4n) is 1.83. The summed E-state index contributed by atoms with van der Waals surface area (Å²) in [5, 5.41) is 6.37. The van der Waals surface area contributed by atoms with Crippen molar-refractivity contribution in [1.82, 2.24) is 10.6 Å². The summed E-state index contributed by atoms with van der Waals surface area (Å²) in [6.07, 6.45) is 1.04. The van der Waals surface area contributed by atoms with E-state index in [0.29, 0.717) is 17.4 Å². The molecule has 1 aromatic carbocycles. The molecule has 0 spiro atoms. The van der Waals surface area contributed by atoms with Gasteiger partial charge in [-0.25, -0.2) is 4.99 Å². The Hall–Kier alpha value is -1.12. The first-order chi connectivity index (χ1) is 10.5. The highest BCUT2D eigenvalue weighted by atomic mass is 127. The number of benzene rings is 1. The lowest BCUT2D eigenvalue weighted by Gasteiger charge is -2.13. The third-order valence-electron chi connectivity index (χ3n) is 2.95. The van der Waals surface area contributed by atoms with Crippen LogP contribution in [0, 0.1) is 5.92 Å². The summed E-state index contributed by atoms with van der Waals surface area (Å²) in [5.41, 5.74) is 0.629. The molecule has 4 nitrogen and oxygen atoms in total. The summed E-state index contributed by atoms with van der Waals surface area (Å²) in [6, 6.07) is 6.70. The minimum absolute atomic E-state index is 0. The Balaban J connectivity index is 0.00000484. The molecule has 0 aliphatic heterocycles. The Morgan fingerprint density at radius 1 is 1.22 bits per heavy atom. The quantitative estimate of drug-likeness (QED) is 0.364. The first-order valence-corrected chi connectivity index (χ1v) is 7.57. The van der Waals surface area contributed by atoms with Gasteiger partial charge in [0.25, 0.3) is 0 Å². The first-order valence-electron chi connectivity index (χ1n) is 7.57. The molecule has 1 aromatic rings. The minimum Gasteiger partial charge on any atom is -0.434 e. The van der Waals surface area contributed by atoms with E-state index in [0.717, 1.165) is 19.5 Å². The number of guanidine groups is 1. The minimum atomic E-state index is -2.83. The number of para-hydroxylation sites is 1. The monoisotopic (exact) mass is 441 g/mol. The number of rotatable bonds is 8. The zero-order valence-electron chi connectivity index (χ0n) is 13.8. The second kappa shape index (κ2) is 12.3.